The van der Waals surface area contributed by atoms with E-state index in [1.165, 1.54) is 5.56 Å². The second kappa shape index (κ2) is 5.67. The molecular formula is C12H13BrClN3. The van der Waals surface area contributed by atoms with Crippen molar-refractivity contribution >= 4 is 27.5 Å². The number of aromatic amines is 1. The Morgan fingerprint density at radius 1 is 1.35 bits per heavy atom. The number of hydrogen-bond donors (Lipinski definition) is 2. The Morgan fingerprint density at radius 2 is 2.12 bits per heavy atom. The van der Waals surface area contributed by atoms with Crippen molar-refractivity contribution in [2.75, 3.05) is 0 Å². The Hall–Kier alpha value is -0.840. The predicted molar refractivity (Wildman–Crippen MR) is 73.0 cm³/mol. The van der Waals surface area contributed by atoms with E-state index in [4.69, 9.17) is 11.6 Å². The Morgan fingerprint density at radius 3 is 2.76 bits per heavy atom. The summed E-state index contributed by atoms with van der Waals surface area (Å²) in [6, 6.07) is 5.91. The van der Waals surface area contributed by atoms with Crippen molar-refractivity contribution < 1.29 is 0 Å². The lowest BCUT2D eigenvalue weighted by molar-refractivity contribution is 0.691. The van der Waals surface area contributed by atoms with Crippen LogP contribution in [0.5, 0.6) is 0 Å². The van der Waals surface area contributed by atoms with E-state index < -0.39 is 0 Å². The van der Waals surface area contributed by atoms with Crippen LogP contribution < -0.4 is 5.32 Å². The molecule has 0 aliphatic carbocycles. The molecule has 2 N–H and O–H groups in total. The summed E-state index contributed by atoms with van der Waals surface area (Å²) in [6.45, 7) is 3.54. The average molecular weight is 315 g/mol. The predicted octanol–water partition coefficient (Wildman–Crippen LogP) is 3.42. The van der Waals surface area contributed by atoms with E-state index in [0.29, 0.717) is 0 Å². The number of halogens is 2. The standard InChI is InChI=1S/C12H13BrClN3/c1-8-10(7-16-17-8)6-15-5-9-2-3-11(13)4-12(9)14/h2-4,7,15H,5-6H2,1H3,(H,16,17). The molecule has 0 bridgehead atoms. The van der Waals surface area contributed by atoms with Gasteiger partial charge in [0.1, 0.15) is 0 Å². The van der Waals surface area contributed by atoms with Gasteiger partial charge in [-0.1, -0.05) is 33.6 Å². The molecule has 2 rings (SSSR count). The molecule has 5 heteroatoms. The zero-order chi connectivity index (χ0) is 12.3. The molecule has 0 saturated heterocycles. The van der Waals surface area contributed by atoms with Crippen molar-refractivity contribution in [3.8, 4) is 0 Å². The molecule has 3 nitrogen and oxygen atoms in total. The van der Waals surface area contributed by atoms with Gasteiger partial charge in [0.05, 0.1) is 6.20 Å². The monoisotopic (exact) mass is 313 g/mol. The first kappa shape index (κ1) is 12.6. The van der Waals surface area contributed by atoms with Crippen LogP contribution in [0.1, 0.15) is 16.8 Å². The van der Waals surface area contributed by atoms with Crippen molar-refractivity contribution in [2.24, 2.45) is 0 Å². The normalized spacial score (nSPS) is 10.8. The van der Waals surface area contributed by atoms with E-state index >= 15 is 0 Å². The average Bonchev–Trinajstić information content (AvgIpc) is 2.68. The summed E-state index contributed by atoms with van der Waals surface area (Å²) in [5.74, 6) is 0. The van der Waals surface area contributed by atoms with Crippen molar-refractivity contribution in [2.45, 2.75) is 20.0 Å². The molecule has 0 unspecified atom stereocenters. The summed E-state index contributed by atoms with van der Waals surface area (Å²) in [4.78, 5) is 0. The zero-order valence-electron chi connectivity index (χ0n) is 9.43. The maximum Gasteiger partial charge on any atom is 0.0535 e. The zero-order valence-corrected chi connectivity index (χ0v) is 11.8. The van der Waals surface area contributed by atoms with Gasteiger partial charge in [-0.2, -0.15) is 5.10 Å². The number of aromatic nitrogens is 2. The first-order chi connectivity index (χ1) is 8.16. The molecule has 0 aliphatic rings. The molecule has 0 spiro atoms. The molecule has 0 fully saturated rings. The highest BCUT2D eigenvalue weighted by molar-refractivity contribution is 9.10. The quantitative estimate of drug-likeness (QED) is 0.908. The highest BCUT2D eigenvalue weighted by Crippen LogP contribution is 2.21. The Labute approximate surface area is 114 Å². The van der Waals surface area contributed by atoms with Crippen LogP contribution in [0.4, 0.5) is 0 Å². The molecule has 1 aromatic heterocycles. The number of nitrogens with zero attached hydrogens (tertiary/aromatic N) is 1. The number of benzene rings is 1. The minimum atomic E-state index is 0.747. The van der Waals surface area contributed by atoms with Gasteiger partial charge in [-0.25, -0.2) is 0 Å². The van der Waals surface area contributed by atoms with Crippen LogP contribution in [0.3, 0.4) is 0 Å². The highest BCUT2D eigenvalue weighted by atomic mass is 79.9. The van der Waals surface area contributed by atoms with Crippen LogP contribution in [-0.4, -0.2) is 10.2 Å². The Bertz CT molecular complexity index is 510. The molecule has 0 atom stereocenters. The topological polar surface area (TPSA) is 40.7 Å². The summed E-state index contributed by atoms with van der Waals surface area (Å²) >= 11 is 9.52. The number of rotatable bonds is 4. The number of H-pyrrole nitrogens is 1. The van der Waals surface area contributed by atoms with E-state index in [2.05, 4.69) is 31.4 Å². The number of aryl methyl sites for hydroxylation is 1. The molecule has 0 radical (unpaired) electrons. The van der Waals surface area contributed by atoms with Crippen LogP contribution in [-0.2, 0) is 13.1 Å². The summed E-state index contributed by atoms with van der Waals surface area (Å²) in [7, 11) is 0. The van der Waals surface area contributed by atoms with E-state index in [1.54, 1.807) is 0 Å². The molecule has 1 aromatic carbocycles. The molecule has 1 heterocycles. The largest absolute Gasteiger partial charge is 0.308 e. The maximum atomic E-state index is 6.13. The lowest BCUT2D eigenvalue weighted by Crippen LogP contribution is -2.13. The fourth-order valence-corrected chi connectivity index (χ4v) is 2.29. The van der Waals surface area contributed by atoms with Gasteiger partial charge in [0.25, 0.3) is 0 Å². The summed E-state index contributed by atoms with van der Waals surface area (Å²) < 4.78 is 0.997. The first-order valence-electron chi connectivity index (χ1n) is 5.30. The number of hydrogen-bond acceptors (Lipinski definition) is 2. The van der Waals surface area contributed by atoms with Crippen molar-refractivity contribution in [3.05, 3.63) is 50.7 Å². The van der Waals surface area contributed by atoms with Gasteiger partial charge in [-0.05, 0) is 24.6 Å². The Kier molecular flexibility index (Phi) is 4.20. The molecule has 17 heavy (non-hydrogen) atoms. The lowest BCUT2D eigenvalue weighted by atomic mass is 10.2. The number of nitrogens with one attached hydrogen (secondary N) is 2. The molecule has 0 amide bonds. The summed E-state index contributed by atoms with van der Waals surface area (Å²) in [5, 5.41) is 11.0. The third-order valence-corrected chi connectivity index (χ3v) is 3.43. The third kappa shape index (κ3) is 3.31. The minimum Gasteiger partial charge on any atom is -0.308 e. The molecule has 2 aromatic rings. The summed E-state index contributed by atoms with van der Waals surface area (Å²) in [6.07, 6.45) is 1.84. The van der Waals surface area contributed by atoms with Crippen molar-refractivity contribution in [1.29, 1.82) is 0 Å². The smallest absolute Gasteiger partial charge is 0.0535 e. The SMILES string of the molecule is Cc1[nH]ncc1CNCc1ccc(Br)cc1Cl. The second-order valence-corrected chi connectivity index (χ2v) is 5.18. The van der Waals surface area contributed by atoms with E-state index in [9.17, 15) is 0 Å². The molecule has 0 saturated carbocycles. The second-order valence-electron chi connectivity index (χ2n) is 3.86. The van der Waals surface area contributed by atoms with Gasteiger partial charge < -0.3 is 5.32 Å². The van der Waals surface area contributed by atoms with Crippen LogP contribution in [0.15, 0.2) is 28.9 Å². The first-order valence-corrected chi connectivity index (χ1v) is 6.47. The lowest BCUT2D eigenvalue weighted by Gasteiger charge is -2.06. The third-order valence-electron chi connectivity index (χ3n) is 2.58. The van der Waals surface area contributed by atoms with Crippen LogP contribution in [0, 0.1) is 6.92 Å². The fraction of sp³-hybridized carbons (Fsp3) is 0.250. The van der Waals surface area contributed by atoms with Gasteiger partial charge in [0.15, 0.2) is 0 Å². The van der Waals surface area contributed by atoms with Crippen molar-refractivity contribution in [1.82, 2.24) is 15.5 Å². The minimum absolute atomic E-state index is 0.747. The van der Waals surface area contributed by atoms with E-state index in [0.717, 1.165) is 33.8 Å². The van der Waals surface area contributed by atoms with Crippen LogP contribution in [0.2, 0.25) is 5.02 Å². The van der Waals surface area contributed by atoms with Crippen molar-refractivity contribution in [3.63, 3.8) is 0 Å². The van der Waals surface area contributed by atoms with E-state index in [1.807, 2.05) is 31.3 Å². The van der Waals surface area contributed by atoms with Crippen LogP contribution >= 0.6 is 27.5 Å². The maximum absolute atomic E-state index is 6.13. The molecule has 90 valence electrons. The van der Waals surface area contributed by atoms with Gasteiger partial charge >= 0.3 is 0 Å². The van der Waals surface area contributed by atoms with Gasteiger partial charge in [-0.3, -0.25) is 5.10 Å². The highest BCUT2D eigenvalue weighted by Gasteiger charge is 2.02. The molecular weight excluding hydrogens is 302 g/mol. The summed E-state index contributed by atoms with van der Waals surface area (Å²) in [5.41, 5.74) is 3.37. The van der Waals surface area contributed by atoms with Crippen LogP contribution in [0.25, 0.3) is 0 Å². The van der Waals surface area contributed by atoms with Gasteiger partial charge in [-0.15, -0.1) is 0 Å². The fourth-order valence-electron chi connectivity index (χ4n) is 1.55. The molecule has 0 aliphatic heterocycles. The van der Waals surface area contributed by atoms with Gasteiger partial charge in [0, 0.05) is 33.8 Å². The van der Waals surface area contributed by atoms with E-state index in [-0.39, 0.29) is 0 Å². The Balaban J connectivity index is 1.92. The van der Waals surface area contributed by atoms with Gasteiger partial charge in [0.2, 0.25) is 0 Å².